The van der Waals surface area contributed by atoms with Crippen molar-refractivity contribution in [2.45, 2.75) is 38.8 Å². The van der Waals surface area contributed by atoms with Crippen molar-refractivity contribution in [2.24, 2.45) is 0 Å². The van der Waals surface area contributed by atoms with Crippen molar-refractivity contribution >= 4 is 28.8 Å². The van der Waals surface area contributed by atoms with Gasteiger partial charge in [-0.3, -0.25) is 0 Å². The number of nitrogens with one attached hydrogen (secondary N) is 2. The molecule has 1 aliphatic rings. The van der Waals surface area contributed by atoms with Crippen LogP contribution in [0.1, 0.15) is 31.9 Å². The molecule has 29 heavy (non-hydrogen) atoms. The predicted molar refractivity (Wildman–Crippen MR) is 122 cm³/mol. The second kappa shape index (κ2) is 9.09. The van der Waals surface area contributed by atoms with E-state index >= 15 is 0 Å². The van der Waals surface area contributed by atoms with Crippen molar-refractivity contribution < 1.29 is 4.42 Å². The van der Waals surface area contributed by atoms with Gasteiger partial charge in [0.2, 0.25) is 0 Å². The van der Waals surface area contributed by atoms with Crippen LogP contribution in [0.25, 0.3) is 11.3 Å². The van der Waals surface area contributed by atoms with Gasteiger partial charge in [-0.1, -0.05) is 30.3 Å². The Morgan fingerprint density at radius 3 is 2.76 bits per heavy atom. The van der Waals surface area contributed by atoms with Crippen LogP contribution in [0.2, 0.25) is 0 Å². The molecule has 1 atom stereocenters. The Morgan fingerprint density at radius 2 is 2.00 bits per heavy atom. The Hall–Kier alpha value is -2.86. The number of benzene rings is 1. The van der Waals surface area contributed by atoms with E-state index in [0.29, 0.717) is 17.7 Å². The number of rotatable bonds is 5. The van der Waals surface area contributed by atoms with Crippen LogP contribution in [0.4, 0.5) is 11.5 Å². The number of nitrogens with zero attached hydrogens (tertiary/aromatic N) is 2. The molecule has 1 aromatic carbocycles. The van der Waals surface area contributed by atoms with Gasteiger partial charge in [-0.25, -0.2) is 4.98 Å². The fourth-order valence-electron chi connectivity index (χ4n) is 3.64. The SMILES string of the molecule is C[C@@H]1CCCCN1c1ccc(NC(=S)NCc2ccc(-c3ccccc3)o2)cn1. The highest BCUT2D eigenvalue weighted by atomic mass is 32.1. The van der Waals surface area contributed by atoms with E-state index in [9.17, 15) is 0 Å². The quantitative estimate of drug-likeness (QED) is 0.568. The smallest absolute Gasteiger partial charge is 0.171 e. The van der Waals surface area contributed by atoms with Crippen molar-refractivity contribution in [3.8, 4) is 11.3 Å². The highest BCUT2D eigenvalue weighted by molar-refractivity contribution is 7.80. The number of hydrogen-bond donors (Lipinski definition) is 2. The molecule has 6 heteroatoms. The number of hydrogen-bond acceptors (Lipinski definition) is 4. The number of furan rings is 1. The van der Waals surface area contributed by atoms with Crippen molar-refractivity contribution in [1.29, 1.82) is 0 Å². The van der Waals surface area contributed by atoms with Gasteiger partial charge in [0.1, 0.15) is 17.3 Å². The van der Waals surface area contributed by atoms with Gasteiger partial charge < -0.3 is 20.0 Å². The third-order valence-corrected chi connectivity index (χ3v) is 5.49. The standard InChI is InChI=1S/C23H26N4OS/c1-17-7-5-6-14-27(17)22-13-10-19(15-24-22)26-23(29)25-16-20-11-12-21(28-20)18-8-3-2-4-9-18/h2-4,8-13,15,17H,5-7,14,16H2,1H3,(H2,25,26,29)/t17-/m1/s1. The highest BCUT2D eigenvalue weighted by Crippen LogP contribution is 2.24. The van der Waals surface area contributed by atoms with Gasteiger partial charge in [0.15, 0.2) is 5.11 Å². The van der Waals surface area contributed by atoms with Gasteiger partial charge in [0.05, 0.1) is 18.4 Å². The molecular formula is C23H26N4OS. The fraction of sp³-hybridized carbons (Fsp3) is 0.304. The van der Waals surface area contributed by atoms with Crippen LogP contribution < -0.4 is 15.5 Å². The van der Waals surface area contributed by atoms with Gasteiger partial charge in [-0.05, 0) is 62.7 Å². The maximum absolute atomic E-state index is 5.90. The van der Waals surface area contributed by atoms with Crippen LogP contribution in [-0.2, 0) is 6.54 Å². The molecule has 5 nitrogen and oxygen atoms in total. The Bertz CT molecular complexity index is 939. The predicted octanol–water partition coefficient (Wildman–Crippen LogP) is 5.21. The lowest BCUT2D eigenvalue weighted by molar-refractivity contribution is 0.481. The molecule has 1 fully saturated rings. The zero-order chi connectivity index (χ0) is 20.1. The van der Waals surface area contributed by atoms with E-state index in [1.165, 1.54) is 19.3 Å². The minimum Gasteiger partial charge on any atom is -0.459 e. The van der Waals surface area contributed by atoms with E-state index in [0.717, 1.165) is 35.1 Å². The maximum atomic E-state index is 5.90. The van der Waals surface area contributed by atoms with E-state index in [-0.39, 0.29) is 0 Å². The molecule has 0 saturated carbocycles. The lowest BCUT2D eigenvalue weighted by Crippen LogP contribution is -2.37. The summed E-state index contributed by atoms with van der Waals surface area (Å²) < 4.78 is 5.90. The Labute approximate surface area is 177 Å². The van der Waals surface area contributed by atoms with Gasteiger partial charge in [0.25, 0.3) is 0 Å². The summed E-state index contributed by atoms with van der Waals surface area (Å²) in [6.45, 7) is 3.87. The maximum Gasteiger partial charge on any atom is 0.171 e. The topological polar surface area (TPSA) is 53.3 Å². The molecule has 0 radical (unpaired) electrons. The third kappa shape index (κ3) is 4.95. The lowest BCUT2D eigenvalue weighted by atomic mass is 10.0. The zero-order valence-electron chi connectivity index (χ0n) is 16.6. The summed E-state index contributed by atoms with van der Waals surface area (Å²) in [5.41, 5.74) is 1.94. The summed E-state index contributed by atoms with van der Waals surface area (Å²) >= 11 is 5.41. The molecule has 3 aromatic rings. The highest BCUT2D eigenvalue weighted by Gasteiger charge is 2.19. The number of piperidine rings is 1. The van der Waals surface area contributed by atoms with Crippen molar-refractivity contribution in [3.63, 3.8) is 0 Å². The Morgan fingerprint density at radius 1 is 1.14 bits per heavy atom. The number of thiocarbonyl (C=S) groups is 1. The van der Waals surface area contributed by atoms with Crippen LogP contribution >= 0.6 is 12.2 Å². The molecule has 0 amide bonds. The molecule has 0 unspecified atom stereocenters. The zero-order valence-corrected chi connectivity index (χ0v) is 17.4. The van der Waals surface area contributed by atoms with E-state index in [2.05, 4.69) is 33.5 Å². The second-order valence-electron chi connectivity index (χ2n) is 7.38. The Kier molecular flexibility index (Phi) is 6.10. The van der Waals surface area contributed by atoms with Crippen LogP contribution in [0.15, 0.2) is 65.2 Å². The number of aromatic nitrogens is 1. The van der Waals surface area contributed by atoms with Gasteiger partial charge in [0, 0.05) is 18.2 Å². The minimum absolute atomic E-state index is 0.523. The summed E-state index contributed by atoms with van der Waals surface area (Å²) in [7, 11) is 0. The van der Waals surface area contributed by atoms with E-state index in [1.54, 1.807) is 0 Å². The molecule has 4 rings (SSSR count). The molecule has 0 aliphatic carbocycles. The summed E-state index contributed by atoms with van der Waals surface area (Å²) in [6, 6.07) is 18.6. The van der Waals surface area contributed by atoms with Crippen molar-refractivity contribution in [1.82, 2.24) is 10.3 Å². The average Bonchev–Trinajstić information content (AvgIpc) is 3.23. The normalized spacial score (nSPS) is 16.4. The summed E-state index contributed by atoms with van der Waals surface area (Å²) in [4.78, 5) is 7.00. The fourth-order valence-corrected chi connectivity index (χ4v) is 3.83. The minimum atomic E-state index is 0.523. The summed E-state index contributed by atoms with van der Waals surface area (Å²) in [5.74, 6) is 2.72. The molecule has 0 spiro atoms. The monoisotopic (exact) mass is 406 g/mol. The number of pyridine rings is 1. The van der Waals surface area contributed by atoms with Gasteiger partial charge >= 0.3 is 0 Å². The molecule has 1 saturated heterocycles. The molecule has 150 valence electrons. The molecule has 2 N–H and O–H groups in total. The van der Waals surface area contributed by atoms with E-state index < -0.39 is 0 Å². The molecular weight excluding hydrogens is 380 g/mol. The van der Waals surface area contributed by atoms with Gasteiger partial charge in [-0.15, -0.1) is 0 Å². The van der Waals surface area contributed by atoms with Crippen LogP contribution in [0.3, 0.4) is 0 Å². The number of anilines is 2. The third-order valence-electron chi connectivity index (χ3n) is 5.25. The molecule has 0 bridgehead atoms. The first-order valence-electron chi connectivity index (χ1n) is 10.1. The summed E-state index contributed by atoms with van der Waals surface area (Å²) in [6.07, 6.45) is 5.61. The largest absolute Gasteiger partial charge is 0.459 e. The van der Waals surface area contributed by atoms with E-state index in [1.807, 2.05) is 54.7 Å². The average molecular weight is 407 g/mol. The lowest BCUT2D eigenvalue weighted by Gasteiger charge is -2.34. The first-order chi connectivity index (χ1) is 14.2. The summed E-state index contributed by atoms with van der Waals surface area (Å²) in [5, 5.41) is 6.92. The Balaban J connectivity index is 1.29. The van der Waals surface area contributed by atoms with Crippen LogP contribution in [-0.4, -0.2) is 22.7 Å². The van der Waals surface area contributed by atoms with Gasteiger partial charge in [-0.2, -0.15) is 0 Å². The molecule has 1 aliphatic heterocycles. The van der Waals surface area contributed by atoms with E-state index in [4.69, 9.17) is 16.6 Å². The van der Waals surface area contributed by atoms with Crippen LogP contribution in [0.5, 0.6) is 0 Å². The second-order valence-corrected chi connectivity index (χ2v) is 7.79. The first kappa shape index (κ1) is 19.5. The van der Waals surface area contributed by atoms with Crippen LogP contribution in [0, 0.1) is 0 Å². The molecule has 2 aromatic heterocycles. The van der Waals surface area contributed by atoms with Crippen molar-refractivity contribution in [3.05, 3.63) is 66.6 Å². The molecule has 3 heterocycles. The first-order valence-corrected chi connectivity index (χ1v) is 10.5. The van der Waals surface area contributed by atoms with Crippen molar-refractivity contribution in [2.75, 3.05) is 16.8 Å².